The van der Waals surface area contributed by atoms with Gasteiger partial charge in [-0.15, -0.1) is 0 Å². The van der Waals surface area contributed by atoms with Crippen molar-refractivity contribution < 1.29 is 102 Å². The number of hydrogen-bond donors (Lipinski definition) is 0. The van der Waals surface area contributed by atoms with Crippen LogP contribution in [0.2, 0.25) is 0 Å². The molecule has 0 radical (unpaired) electrons. The van der Waals surface area contributed by atoms with Crippen LogP contribution in [-0.4, -0.2) is 91.8 Å². The number of alkyl halides is 21. The van der Waals surface area contributed by atoms with Crippen LogP contribution in [0.5, 0.6) is 0 Å². The molecule has 0 saturated carbocycles. The zero-order chi connectivity index (χ0) is 32.3. The van der Waals surface area contributed by atoms with Gasteiger partial charge in [-0.3, -0.25) is 0 Å². The lowest BCUT2D eigenvalue weighted by molar-refractivity contribution is -0.462. The summed E-state index contributed by atoms with van der Waals surface area (Å²) in [5.41, 5.74) is 0. The highest BCUT2D eigenvalue weighted by atomic mass is 19.4. The van der Waals surface area contributed by atoms with Crippen LogP contribution in [0.4, 0.5) is 92.2 Å². The first-order valence-corrected chi connectivity index (χ1v) is 9.88. The summed E-state index contributed by atoms with van der Waals surface area (Å²) in [6, 6.07) is 0. The third-order valence-electron chi connectivity index (χ3n) is 5.58. The minimum absolute atomic E-state index is 0.161. The quantitative estimate of drug-likeness (QED) is 0.184. The molecule has 5 atom stereocenters. The fraction of sp³-hybridized carbons (Fsp3) is 1.00. The normalized spacial score (nSPS) is 23.2. The van der Waals surface area contributed by atoms with Crippen LogP contribution in [0.1, 0.15) is 6.92 Å². The molecule has 0 aromatic carbocycles. The van der Waals surface area contributed by atoms with Crippen LogP contribution in [0, 0.1) is 5.92 Å². The highest BCUT2D eigenvalue weighted by Gasteiger charge is 2.96. The molecule has 1 heterocycles. The van der Waals surface area contributed by atoms with E-state index < -0.39 is 91.1 Å². The summed E-state index contributed by atoms with van der Waals surface area (Å²) in [6.45, 7) is -0.420. The smallest absolute Gasteiger partial charge is 0.375 e. The molecule has 1 rings (SSSR count). The predicted octanol–water partition coefficient (Wildman–Crippen LogP) is 7.36. The van der Waals surface area contributed by atoms with Crippen molar-refractivity contribution >= 4 is 0 Å². The van der Waals surface area contributed by atoms with Gasteiger partial charge in [-0.1, -0.05) is 6.92 Å². The van der Waals surface area contributed by atoms with Gasteiger partial charge >= 0.3 is 47.4 Å². The molecule has 1 fully saturated rings. The monoisotopic (exact) mass is 648 g/mol. The van der Waals surface area contributed by atoms with Crippen molar-refractivity contribution in [3.05, 3.63) is 0 Å². The molecule has 1 aliphatic heterocycles. The Balaban J connectivity index is 3.52. The number of ether oxygens (including phenoxy) is 2. The minimum Gasteiger partial charge on any atom is -0.375 e. The molecule has 0 aromatic rings. The molecular formula is C17H13F21O2. The summed E-state index contributed by atoms with van der Waals surface area (Å²) in [5.74, 6) is -68.5. The van der Waals surface area contributed by atoms with Crippen molar-refractivity contribution in [2.75, 3.05) is 13.2 Å². The molecule has 0 aliphatic carbocycles. The van der Waals surface area contributed by atoms with E-state index in [2.05, 4.69) is 9.47 Å². The van der Waals surface area contributed by atoms with Crippen molar-refractivity contribution in [2.45, 2.75) is 85.5 Å². The highest BCUT2D eigenvalue weighted by Crippen LogP contribution is 2.64. The largest absolute Gasteiger partial charge is 0.385 e. The molecule has 0 bridgehead atoms. The second-order valence-corrected chi connectivity index (χ2v) is 8.37. The maximum Gasteiger partial charge on any atom is 0.385 e. The molecular weight excluding hydrogens is 635 g/mol. The summed E-state index contributed by atoms with van der Waals surface area (Å²) in [5, 5.41) is 0. The van der Waals surface area contributed by atoms with Crippen molar-refractivity contribution in [3.8, 4) is 0 Å². The first-order chi connectivity index (χ1) is 17.4. The zero-order valence-electron chi connectivity index (χ0n) is 18.6. The molecule has 0 spiro atoms. The van der Waals surface area contributed by atoms with Gasteiger partial charge in [-0.2, -0.15) is 70.2 Å². The Kier molecular flexibility index (Phi) is 9.68. The van der Waals surface area contributed by atoms with Crippen LogP contribution >= 0.6 is 0 Å². The van der Waals surface area contributed by atoms with Crippen molar-refractivity contribution in [1.82, 2.24) is 0 Å². The lowest BCUT2D eigenvalue weighted by atomic mass is 9.86. The Morgan fingerprint density at radius 2 is 0.950 bits per heavy atom. The van der Waals surface area contributed by atoms with Gasteiger partial charge in [0.1, 0.15) is 0 Å². The average Bonchev–Trinajstić information content (AvgIpc) is 2.80. The third kappa shape index (κ3) is 5.03. The van der Waals surface area contributed by atoms with E-state index in [0.29, 0.717) is 0 Å². The maximum absolute atomic E-state index is 13.8. The molecule has 0 amide bonds. The first kappa shape index (κ1) is 36.5. The summed E-state index contributed by atoms with van der Waals surface area (Å²) in [7, 11) is 0. The molecule has 1 saturated heterocycles. The summed E-state index contributed by atoms with van der Waals surface area (Å²) in [6.07, 6.45) is -22.8. The first-order valence-electron chi connectivity index (χ1n) is 9.88. The van der Waals surface area contributed by atoms with Crippen LogP contribution < -0.4 is 0 Å². The van der Waals surface area contributed by atoms with Gasteiger partial charge in [0.05, 0.1) is 19.3 Å². The number of halogens is 21. The van der Waals surface area contributed by atoms with Gasteiger partial charge in [-0.05, 0) is 0 Å². The SMILES string of the molecule is CC1COC1COC(F)C(F)(F)C(F)(F)C(F)(F)C(F)(F)C(F)(F)C(F)(F)C(F)(F)C(F)(F)C(F)C(F)C(F)F. The van der Waals surface area contributed by atoms with Crippen LogP contribution in [0.25, 0.3) is 0 Å². The zero-order valence-corrected chi connectivity index (χ0v) is 18.6. The van der Waals surface area contributed by atoms with Crippen LogP contribution in [0.3, 0.4) is 0 Å². The Hall–Kier alpha value is -1.55. The van der Waals surface area contributed by atoms with Gasteiger partial charge < -0.3 is 9.47 Å². The van der Waals surface area contributed by atoms with E-state index in [1.54, 1.807) is 0 Å². The third-order valence-corrected chi connectivity index (χ3v) is 5.58. The minimum atomic E-state index is -9.03. The molecule has 2 nitrogen and oxygen atoms in total. The van der Waals surface area contributed by atoms with E-state index in [9.17, 15) is 92.2 Å². The van der Waals surface area contributed by atoms with E-state index in [4.69, 9.17) is 0 Å². The van der Waals surface area contributed by atoms with E-state index in [0.717, 1.165) is 0 Å². The van der Waals surface area contributed by atoms with Gasteiger partial charge in [-0.25, -0.2) is 22.0 Å². The lowest BCUT2D eigenvalue weighted by Crippen LogP contribution is -2.76. The molecule has 0 aromatic heterocycles. The van der Waals surface area contributed by atoms with Crippen molar-refractivity contribution in [1.29, 1.82) is 0 Å². The van der Waals surface area contributed by atoms with Gasteiger partial charge in [0.15, 0.2) is 6.17 Å². The van der Waals surface area contributed by atoms with Crippen LogP contribution in [0.15, 0.2) is 0 Å². The summed E-state index contributed by atoms with van der Waals surface area (Å²) < 4.78 is 290. The Bertz CT molecular complexity index is 873. The Labute approximate surface area is 207 Å². The van der Waals surface area contributed by atoms with Crippen molar-refractivity contribution in [3.63, 3.8) is 0 Å². The summed E-state index contributed by atoms with van der Waals surface area (Å²) >= 11 is 0. The predicted molar refractivity (Wildman–Crippen MR) is 85.1 cm³/mol. The second kappa shape index (κ2) is 10.6. The maximum atomic E-state index is 13.8. The molecule has 0 N–H and O–H groups in total. The fourth-order valence-corrected chi connectivity index (χ4v) is 2.77. The van der Waals surface area contributed by atoms with Gasteiger partial charge in [0, 0.05) is 5.92 Å². The van der Waals surface area contributed by atoms with Crippen LogP contribution in [-0.2, 0) is 9.47 Å². The van der Waals surface area contributed by atoms with E-state index in [1.807, 2.05) is 0 Å². The molecule has 1 aliphatic rings. The lowest BCUT2D eigenvalue weighted by Gasteiger charge is -2.44. The highest BCUT2D eigenvalue weighted by molar-refractivity contribution is 5.17. The van der Waals surface area contributed by atoms with E-state index >= 15 is 0 Å². The van der Waals surface area contributed by atoms with Crippen molar-refractivity contribution in [2.24, 2.45) is 5.92 Å². The second-order valence-electron chi connectivity index (χ2n) is 8.37. The number of rotatable bonds is 14. The molecule has 40 heavy (non-hydrogen) atoms. The topological polar surface area (TPSA) is 18.5 Å². The van der Waals surface area contributed by atoms with Gasteiger partial charge in [0.25, 0.3) is 12.8 Å². The fourth-order valence-electron chi connectivity index (χ4n) is 2.77. The van der Waals surface area contributed by atoms with E-state index in [-0.39, 0.29) is 6.61 Å². The Morgan fingerprint density at radius 1 is 0.600 bits per heavy atom. The summed E-state index contributed by atoms with van der Waals surface area (Å²) in [4.78, 5) is 0. The molecule has 23 heteroatoms. The average molecular weight is 648 g/mol. The standard InChI is InChI=1S/C17H13F21O2/c1-4-2-39-5(4)3-40-9(22)11(25,26)13(29,30)15(33,34)17(37,38)16(35,36)14(31,32)12(27,28)10(23,24)7(19)6(18)8(20)21/h4-9H,2-3H2,1H3. The molecule has 5 unspecified atom stereocenters. The van der Waals surface area contributed by atoms with Gasteiger partial charge in [0.2, 0.25) is 6.17 Å². The molecule has 240 valence electrons. The van der Waals surface area contributed by atoms with E-state index in [1.165, 1.54) is 6.92 Å². The number of hydrogen-bond acceptors (Lipinski definition) is 2. The Morgan fingerprint density at radius 3 is 1.25 bits per heavy atom.